The van der Waals surface area contributed by atoms with Gasteiger partial charge in [-0.3, -0.25) is 0 Å². The summed E-state index contributed by atoms with van der Waals surface area (Å²) >= 11 is 0. The van der Waals surface area contributed by atoms with E-state index in [0.29, 0.717) is 5.56 Å². The predicted molar refractivity (Wildman–Crippen MR) is 97.9 cm³/mol. The average Bonchev–Trinajstić information content (AvgIpc) is 2.56. The van der Waals surface area contributed by atoms with Crippen molar-refractivity contribution in [3.63, 3.8) is 0 Å². The molecule has 1 unspecified atom stereocenters. The highest BCUT2D eigenvalue weighted by Crippen LogP contribution is 2.36. The first kappa shape index (κ1) is 20.4. The van der Waals surface area contributed by atoms with Crippen LogP contribution in [0.25, 0.3) is 0 Å². The number of hydrogen-bond donors (Lipinski definition) is 0. The van der Waals surface area contributed by atoms with Crippen LogP contribution < -0.4 is 0 Å². The van der Waals surface area contributed by atoms with Crippen LogP contribution in [0.3, 0.4) is 0 Å². The van der Waals surface area contributed by atoms with Gasteiger partial charge < -0.3 is 9.16 Å². The molecule has 0 spiro atoms. The molecule has 24 heavy (non-hydrogen) atoms. The summed E-state index contributed by atoms with van der Waals surface area (Å²) in [4.78, 5) is 13.0. The summed E-state index contributed by atoms with van der Waals surface area (Å²) in [6.07, 6.45) is 0. The second-order valence-corrected chi connectivity index (χ2v) is 11.7. The smallest absolute Gasteiger partial charge is 0.357 e. The summed E-state index contributed by atoms with van der Waals surface area (Å²) in [6.45, 7) is 11.6. The minimum atomic E-state index is -2.22. The van der Waals surface area contributed by atoms with Crippen LogP contribution in [-0.2, 0) is 19.6 Å². The van der Waals surface area contributed by atoms with E-state index in [1.807, 2.05) is 18.2 Å². The van der Waals surface area contributed by atoms with Crippen molar-refractivity contribution in [2.75, 3.05) is 0 Å². The van der Waals surface area contributed by atoms with Gasteiger partial charge in [-0.25, -0.2) is 4.79 Å². The summed E-state index contributed by atoms with van der Waals surface area (Å²) in [7, 11) is -2.22. The molecule has 0 saturated carbocycles. The van der Waals surface area contributed by atoms with Crippen molar-refractivity contribution >= 4 is 14.3 Å². The number of nitrogens with zero attached hydrogens (tertiary/aromatic N) is 1. The normalized spacial score (nSPS) is 14.5. The number of ether oxygens (including phenoxy) is 1. The van der Waals surface area contributed by atoms with E-state index in [0.717, 1.165) is 18.1 Å². The lowest BCUT2D eigenvalue weighted by molar-refractivity contribution is -0.170. The Balaban J connectivity index is 3.46. The Morgan fingerprint density at radius 2 is 1.58 bits per heavy atom. The highest BCUT2D eigenvalue weighted by atomic mass is 28.4. The molecule has 0 aliphatic rings. The first-order valence-electron chi connectivity index (χ1n) is 8.59. The van der Waals surface area contributed by atoms with Crippen molar-refractivity contribution in [3.05, 3.63) is 35.9 Å². The molecule has 4 nitrogen and oxygen atoms in total. The lowest BCUT2D eigenvalue weighted by Gasteiger charge is -2.38. The molecule has 0 heterocycles. The van der Waals surface area contributed by atoms with Gasteiger partial charge in [-0.05, 0) is 38.9 Å². The number of hydrogen-bond acceptors (Lipinski definition) is 4. The molecular formula is C19H29NO3Si. The Morgan fingerprint density at radius 3 is 1.96 bits per heavy atom. The van der Waals surface area contributed by atoms with Crippen LogP contribution in [0, 0.1) is 11.3 Å². The fourth-order valence-electron chi connectivity index (χ4n) is 2.67. The van der Waals surface area contributed by atoms with E-state index in [1.54, 1.807) is 32.9 Å². The van der Waals surface area contributed by atoms with Crippen molar-refractivity contribution in [3.8, 4) is 6.07 Å². The van der Waals surface area contributed by atoms with E-state index < -0.39 is 25.5 Å². The van der Waals surface area contributed by atoms with Crippen LogP contribution in [0.4, 0.5) is 0 Å². The molecule has 0 amide bonds. The molecule has 0 saturated heterocycles. The van der Waals surface area contributed by atoms with Crippen LogP contribution in [0.15, 0.2) is 30.3 Å². The van der Waals surface area contributed by atoms with Gasteiger partial charge in [-0.15, -0.1) is 0 Å². The molecule has 1 atom stereocenters. The summed E-state index contributed by atoms with van der Waals surface area (Å²) in [5, 5.41) is 9.99. The largest absolute Gasteiger partial charge is 0.457 e. The van der Waals surface area contributed by atoms with Gasteiger partial charge in [0.1, 0.15) is 11.7 Å². The molecule has 0 aliphatic heterocycles. The SMILES string of the molecule is CC[Si](CC)(CC)OC(C#N)(C(=O)OC(C)(C)C)c1ccccc1. The van der Waals surface area contributed by atoms with Gasteiger partial charge in [-0.1, -0.05) is 51.1 Å². The Labute approximate surface area is 146 Å². The van der Waals surface area contributed by atoms with Crippen molar-refractivity contribution < 1.29 is 14.0 Å². The Bertz CT molecular complexity index is 577. The third-order valence-electron chi connectivity index (χ3n) is 4.33. The summed E-state index contributed by atoms with van der Waals surface area (Å²) in [6, 6.07) is 13.7. The Hall–Kier alpha value is -1.64. The van der Waals surface area contributed by atoms with Gasteiger partial charge in [0.15, 0.2) is 8.32 Å². The third-order valence-corrected chi connectivity index (χ3v) is 8.93. The van der Waals surface area contributed by atoms with Crippen LogP contribution in [0.1, 0.15) is 47.1 Å². The van der Waals surface area contributed by atoms with Crippen LogP contribution in [0.5, 0.6) is 0 Å². The van der Waals surface area contributed by atoms with Gasteiger partial charge in [0.25, 0.3) is 5.60 Å². The van der Waals surface area contributed by atoms with Gasteiger partial charge in [-0.2, -0.15) is 5.26 Å². The minimum Gasteiger partial charge on any atom is -0.457 e. The zero-order chi connectivity index (χ0) is 18.4. The molecule has 1 rings (SSSR count). The maximum absolute atomic E-state index is 13.0. The van der Waals surface area contributed by atoms with E-state index >= 15 is 0 Å². The van der Waals surface area contributed by atoms with Crippen LogP contribution >= 0.6 is 0 Å². The Morgan fingerprint density at radius 1 is 1.08 bits per heavy atom. The van der Waals surface area contributed by atoms with Gasteiger partial charge in [0.2, 0.25) is 0 Å². The quantitative estimate of drug-likeness (QED) is 0.526. The molecule has 1 aromatic carbocycles. The number of nitriles is 1. The third kappa shape index (κ3) is 4.46. The van der Waals surface area contributed by atoms with Crippen LogP contribution in [0.2, 0.25) is 18.1 Å². The second-order valence-electron chi connectivity index (χ2n) is 7.01. The molecule has 0 fully saturated rings. The monoisotopic (exact) mass is 347 g/mol. The number of benzene rings is 1. The molecule has 0 N–H and O–H groups in total. The molecule has 132 valence electrons. The van der Waals surface area contributed by atoms with Gasteiger partial charge in [0, 0.05) is 5.56 Å². The molecule has 0 aliphatic carbocycles. The molecule has 0 aromatic heterocycles. The van der Waals surface area contributed by atoms with Gasteiger partial charge in [0.05, 0.1) is 0 Å². The van der Waals surface area contributed by atoms with E-state index in [4.69, 9.17) is 9.16 Å². The fraction of sp³-hybridized carbons (Fsp3) is 0.579. The fourth-order valence-corrected chi connectivity index (χ4v) is 5.49. The maximum atomic E-state index is 13.0. The number of carbonyl (C=O) groups excluding carboxylic acids is 1. The van der Waals surface area contributed by atoms with E-state index in [-0.39, 0.29) is 0 Å². The van der Waals surface area contributed by atoms with E-state index in [1.165, 1.54) is 0 Å². The predicted octanol–water partition coefficient (Wildman–Crippen LogP) is 4.77. The zero-order valence-electron chi connectivity index (χ0n) is 15.7. The second kappa shape index (κ2) is 7.95. The van der Waals surface area contributed by atoms with E-state index in [2.05, 4.69) is 26.8 Å². The molecule has 0 bridgehead atoms. The standard InChI is InChI=1S/C19H29NO3Si/c1-7-24(8-2,9-3)23-19(15-20,16-13-11-10-12-14-16)17(21)22-18(4,5)6/h10-14H,7-9H2,1-6H3. The number of esters is 1. The van der Waals surface area contributed by atoms with Crippen molar-refractivity contribution in [1.82, 2.24) is 0 Å². The first-order valence-corrected chi connectivity index (χ1v) is 11.1. The highest BCUT2D eigenvalue weighted by Gasteiger charge is 2.50. The summed E-state index contributed by atoms with van der Waals surface area (Å²) in [5.41, 5.74) is -1.86. The topological polar surface area (TPSA) is 59.3 Å². The first-order chi connectivity index (χ1) is 11.2. The van der Waals surface area contributed by atoms with Gasteiger partial charge >= 0.3 is 5.97 Å². The average molecular weight is 348 g/mol. The minimum absolute atomic E-state index is 0.536. The molecule has 5 heteroatoms. The number of carbonyl (C=O) groups is 1. The van der Waals surface area contributed by atoms with Crippen molar-refractivity contribution in [2.24, 2.45) is 0 Å². The van der Waals surface area contributed by atoms with Crippen LogP contribution in [-0.4, -0.2) is 19.9 Å². The lowest BCUT2D eigenvalue weighted by atomic mass is 9.95. The summed E-state index contributed by atoms with van der Waals surface area (Å²) in [5.74, 6) is -0.629. The van der Waals surface area contributed by atoms with Crippen molar-refractivity contribution in [2.45, 2.75) is 70.9 Å². The highest BCUT2D eigenvalue weighted by molar-refractivity contribution is 6.73. The number of rotatable bonds is 7. The molecule has 1 aromatic rings. The lowest BCUT2D eigenvalue weighted by Crippen LogP contribution is -2.51. The molecule has 0 radical (unpaired) electrons. The Kier molecular flexibility index (Phi) is 6.76. The molecular weight excluding hydrogens is 318 g/mol. The van der Waals surface area contributed by atoms with Crippen molar-refractivity contribution in [1.29, 1.82) is 5.26 Å². The summed E-state index contributed by atoms with van der Waals surface area (Å²) < 4.78 is 12.0. The zero-order valence-corrected chi connectivity index (χ0v) is 16.7. The van der Waals surface area contributed by atoms with E-state index in [9.17, 15) is 10.1 Å². The maximum Gasteiger partial charge on any atom is 0.357 e.